The SMILES string of the molecule is C.C.C=CC(=O)OCCOCC(COCCOC(=O)C=C)OCCOC(=O)C=C. The molecule has 0 radical (unpaired) electrons. The van der Waals surface area contributed by atoms with Crippen LogP contribution in [-0.4, -0.2) is 76.9 Å². The van der Waals surface area contributed by atoms with Crippen LogP contribution in [0.3, 0.4) is 0 Å². The molecule has 0 unspecified atom stereocenters. The molecule has 0 aromatic rings. The number of rotatable bonds is 17. The molecule has 0 aliphatic rings. The Hall–Kier alpha value is -2.49. The van der Waals surface area contributed by atoms with E-state index in [1.165, 1.54) is 0 Å². The number of carbonyl (C=O) groups excluding carboxylic acids is 3. The van der Waals surface area contributed by atoms with E-state index in [-0.39, 0.29) is 67.7 Å². The van der Waals surface area contributed by atoms with Gasteiger partial charge in [-0.15, -0.1) is 0 Å². The Labute approximate surface area is 173 Å². The summed E-state index contributed by atoms with van der Waals surface area (Å²) >= 11 is 0. The predicted molar refractivity (Wildman–Crippen MR) is 108 cm³/mol. The van der Waals surface area contributed by atoms with Gasteiger partial charge in [-0.1, -0.05) is 34.6 Å². The Balaban J connectivity index is -0.00000338. The van der Waals surface area contributed by atoms with Crippen LogP contribution in [0.1, 0.15) is 14.9 Å². The minimum Gasteiger partial charge on any atom is -0.460 e. The van der Waals surface area contributed by atoms with Crippen molar-refractivity contribution in [2.75, 3.05) is 52.9 Å². The minimum atomic E-state index is -0.546. The first-order valence-electron chi connectivity index (χ1n) is 8.18. The van der Waals surface area contributed by atoms with Crippen molar-refractivity contribution in [3.05, 3.63) is 38.0 Å². The van der Waals surface area contributed by atoms with Gasteiger partial charge in [-0.2, -0.15) is 0 Å². The summed E-state index contributed by atoms with van der Waals surface area (Å²) in [6, 6.07) is 0. The molecule has 0 bridgehead atoms. The summed E-state index contributed by atoms with van der Waals surface area (Å²) in [5.41, 5.74) is 0. The summed E-state index contributed by atoms with van der Waals surface area (Å²) in [6.45, 7) is 10.8. The summed E-state index contributed by atoms with van der Waals surface area (Å²) in [6.07, 6.45) is 2.71. The van der Waals surface area contributed by atoms with Crippen molar-refractivity contribution in [2.24, 2.45) is 0 Å². The molecule has 0 heterocycles. The highest BCUT2D eigenvalue weighted by molar-refractivity contribution is 5.81. The van der Waals surface area contributed by atoms with E-state index < -0.39 is 24.0 Å². The molecule has 0 N–H and O–H groups in total. The molecule has 0 aliphatic heterocycles. The van der Waals surface area contributed by atoms with Crippen molar-refractivity contribution in [3.63, 3.8) is 0 Å². The Morgan fingerprint density at radius 2 is 0.966 bits per heavy atom. The molecular formula is C20H34O9. The number of hydrogen-bond donors (Lipinski definition) is 0. The molecule has 0 fully saturated rings. The Bertz CT molecular complexity index is 458. The van der Waals surface area contributed by atoms with Crippen LogP contribution in [0.15, 0.2) is 38.0 Å². The van der Waals surface area contributed by atoms with Gasteiger partial charge in [-0.05, 0) is 0 Å². The van der Waals surface area contributed by atoms with Gasteiger partial charge in [-0.25, -0.2) is 14.4 Å². The van der Waals surface area contributed by atoms with Crippen molar-refractivity contribution >= 4 is 17.9 Å². The van der Waals surface area contributed by atoms with E-state index in [2.05, 4.69) is 19.7 Å². The second-order valence-corrected chi connectivity index (χ2v) is 4.76. The number of esters is 3. The quantitative estimate of drug-likeness (QED) is 0.151. The topological polar surface area (TPSA) is 107 Å². The largest absolute Gasteiger partial charge is 0.460 e. The van der Waals surface area contributed by atoms with Gasteiger partial charge in [0.25, 0.3) is 0 Å². The highest BCUT2D eigenvalue weighted by Gasteiger charge is 2.11. The predicted octanol–water partition coefficient (Wildman–Crippen LogP) is 1.86. The zero-order valence-corrected chi connectivity index (χ0v) is 15.3. The fourth-order valence-electron chi connectivity index (χ4n) is 1.51. The normalized spacial score (nSPS) is 9.41. The fraction of sp³-hybridized carbons (Fsp3) is 0.550. The van der Waals surface area contributed by atoms with Crippen LogP contribution in [0.2, 0.25) is 0 Å². The molecule has 0 aliphatic carbocycles. The summed E-state index contributed by atoms with van der Waals surface area (Å²) in [7, 11) is 0. The van der Waals surface area contributed by atoms with E-state index in [1.54, 1.807) is 0 Å². The molecule has 0 amide bonds. The molecule has 0 aromatic carbocycles. The van der Waals surface area contributed by atoms with Gasteiger partial charge in [0.2, 0.25) is 0 Å². The van der Waals surface area contributed by atoms with Crippen LogP contribution in [0.4, 0.5) is 0 Å². The van der Waals surface area contributed by atoms with Gasteiger partial charge >= 0.3 is 17.9 Å². The minimum absolute atomic E-state index is 0. The van der Waals surface area contributed by atoms with E-state index in [1.807, 2.05) is 0 Å². The van der Waals surface area contributed by atoms with E-state index in [4.69, 9.17) is 28.4 Å². The van der Waals surface area contributed by atoms with Crippen molar-refractivity contribution in [2.45, 2.75) is 21.0 Å². The zero-order chi connectivity index (χ0) is 20.3. The molecular weight excluding hydrogens is 384 g/mol. The van der Waals surface area contributed by atoms with E-state index >= 15 is 0 Å². The van der Waals surface area contributed by atoms with Crippen LogP contribution in [0.5, 0.6) is 0 Å². The smallest absolute Gasteiger partial charge is 0.330 e. The first-order valence-corrected chi connectivity index (χ1v) is 8.18. The lowest BCUT2D eigenvalue weighted by Crippen LogP contribution is -2.29. The average Bonchev–Trinajstić information content (AvgIpc) is 2.68. The lowest BCUT2D eigenvalue weighted by molar-refractivity contribution is -0.144. The molecule has 168 valence electrons. The summed E-state index contributed by atoms with van der Waals surface area (Å²) < 4.78 is 30.6. The second-order valence-electron chi connectivity index (χ2n) is 4.76. The third kappa shape index (κ3) is 20.1. The maximum absolute atomic E-state index is 11.0. The van der Waals surface area contributed by atoms with Gasteiger partial charge < -0.3 is 28.4 Å². The molecule has 9 nitrogen and oxygen atoms in total. The Morgan fingerprint density at radius 1 is 0.621 bits per heavy atom. The van der Waals surface area contributed by atoms with E-state index in [9.17, 15) is 14.4 Å². The Kier molecular flexibility index (Phi) is 23.5. The van der Waals surface area contributed by atoms with Crippen molar-refractivity contribution in [1.82, 2.24) is 0 Å². The highest BCUT2D eigenvalue weighted by atomic mass is 16.6. The monoisotopic (exact) mass is 418 g/mol. The molecule has 0 atom stereocenters. The molecule has 0 saturated carbocycles. The molecule has 0 aromatic heterocycles. The van der Waals surface area contributed by atoms with Crippen molar-refractivity contribution in [1.29, 1.82) is 0 Å². The van der Waals surface area contributed by atoms with Crippen LogP contribution < -0.4 is 0 Å². The molecule has 9 heteroatoms. The maximum Gasteiger partial charge on any atom is 0.330 e. The van der Waals surface area contributed by atoms with Gasteiger partial charge in [0.15, 0.2) is 0 Å². The maximum atomic E-state index is 11.0. The van der Waals surface area contributed by atoms with Gasteiger partial charge in [0, 0.05) is 18.2 Å². The first-order chi connectivity index (χ1) is 13.0. The van der Waals surface area contributed by atoms with Crippen molar-refractivity contribution in [3.8, 4) is 0 Å². The second kappa shape index (κ2) is 21.8. The summed E-state index contributed by atoms with van der Waals surface area (Å²) in [4.78, 5) is 32.8. The first kappa shape index (κ1) is 31.2. The van der Waals surface area contributed by atoms with E-state index in [0.29, 0.717) is 0 Å². The highest BCUT2D eigenvalue weighted by Crippen LogP contribution is 1.97. The third-order valence-electron chi connectivity index (χ3n) is 2.73. The molecule has 0 spiro atoms. The number of ether oxygens (including phenoxy) is 6. The van der Waals surface area contributed by atoms with Gasteiger partial charge in [0.05, 0.1) is 33.0 Å². The summed E-state index contributed by atoms with van der Waals surface area (Å²) in [5, 5.41) is 0. The molecule has 0 rings (SSSR count). The van der Waals surface area contributed by atoms with Crippen molar-refractivity contribution < 1.29 is 42.8 Å². The van der Waals surface area contributed by atoms with Crippen LogP contribution >= 0.6 is 0 Å². The zero-order valence-electron chi connectivity index (χ0n) is 15.3. The Morgan fingerprint density at radius 3 is 1.31 bits per heavy atom. The van der Waals surface area contributed by atoms with Crippen LogP contribution in [0.25, 0.3) is 0 Å². The van der Waals surface area contributed by atoms with Crippen LogP contribution in [-0.2, 0) is 42.8 Å². The standard InChI is InChI=1S/C18H26O9.2CH4/c1-4-16(19)25-9-7-22-13-15(24-11-12-27-18(21)6-3)14-23-8-10-26-17(20)5-2;;/h4-6,15H,1-3,7-14H2;2*1H4. The average molecular weight is 418 g/mol. The number of hydrogen-bond acceptors (Lipinski definition) is 9. The lowest BCUT2D eigenvalue weighted by atomic mass is 10.4. The van der Waals surface area contributed by atoms with Gasteiger partial charge in [-0.3, -0.25) is 0 Å². The number of carbonyl (C=O) groups is 3. The summed E-state index contributed by atoms with van der Waals surface area (Å²) in [5.74, 6) is -1.61. The van der Waals surface area contributed by atoms with E-state index in [0.717, 1.165) is 18.2 Å². The molecule has 29 heavy (non-hydrogen) atoms. The lowest BCUT2D eigenvalue weighted by Gasteiger charge is -2.18. The van der Waals surface area contributed by atoms with Gasteiger partial charge in [0.1, 0.15) is 25.9 Å². The third-order valence-corrected chi connectivity index (χ3v) is 2.73. The van der Waals surface area contributed by atoms with Crippen LogP contribution in [0, 0.1) is 0 Å². The fourth-order valence-corrected chi connectivity index (χ4v) is 1.51. The molecule has 0 saturated heterocycles.